The number of carbonyl (C=O) groups is 5. The van der Waals surface area contributed by atoms with E-state index in [2.05, 4.69) is 5.32 Å². The normalized spacial score (nSPS) is 15.6. The number of likely N-dealkylation sites (N-methyl/N-ethyl adjacent to an activating group) is 1. The molecule has 0 aliphatic carbocycles. The van der Waals surface area contributed by atoms with E-state index in [-0.39, 0.29) is 6.42 Å². The first-order valence-electron chi connectivity index (χ1n) is 7.01. The number of benzene rings is 1. The van der Waals surface area contributed by atoms with E-state index in [0.29, 0.717) is 15.4 Å². The van der Waals surface area contributed by atoms with Gasteiger partial charge in [0.2, 0.25) is 5.91 Å². The molecule has 0 aromatic heterocycles. The molecule has 1 aromatic rings. The Morgan fingerprint density at radius 2 is 1.75 bits per heavy atom. The van der Waals surface area contributed by atoms with Gasteiger partial charge >= 0.3 is 23.8 Å². The van der Waals surface area contributed by atoms with Gasteiger partial charge in [-0.1, -0.05) is 30.3 Å². The summed E-state index contributed by atoms with van der Waals surface area (Å²) in [5.41, 5.74) is 0.702. The van der Waals surface area contributed by atoms with Crippen LogP contribution in [0.2, 0.25) is 0 Å². The summed E-state index contributed by atoms with van der Waals surface area (Å²) in [6.07, 6.45) is 0.0443. The van der Waals surface area contributed by atoms with Crippen LogP contribution in [0.3, 0.4) is 0 Å². The number of hydrogen-bond acceptors (Lipinski definition) is 5. The van der Waals surface area contributed by atoms with Crippen LogP contribution in [0.25, 0.3) is 0 Å². The molecule has 2 N–H and O–H groups in total. The molecule has 0 unspecified atom stereocenters. The molecule has 2 rings (SSSR count). The van der Waals surface area contributed by atoms with Gasteiger partial charge in [0.25, 0.3) is 0 Å². The molecule has 1 saturated heterocycles. The standard InChI is InChI=1S/C15H15N3O6/c1-17-12(20)13(21)18(15(17)24)8-11(19)16-10(14(22)23)7-9-5-3-2-4-6-9/h2-6,10H,7-8H2,1H3,(H,16,19)(H,22,23)/t10-/m0/s1. The summed E-state index contributed by atoms with van der Waals surface area (Å²) < 4.78 is 0. The minimum Gasteiger partial charge on any atom is -0.480 e. The molecule has 0 saturated carbocycles. The largest absolute Gasteiger partial charge is 0.480 e. The highest BCUT2D eigenvalue weighted by atomic mass is 16.4. The van der Waals surface area contributed by atoms with E-state index in [0.717, 1.165) is 7.05 Å². The first kappa shape index (κ1) is 17.1. The van der Waals surface area contributed by atoms with E-state index < -0.39 is 42.3 Å². The monoisotopic (exact) mass is 333 g/mol. The molecule has 0 bridgehead atoms. The van der Waals surface area contributed by atoms with Crippen LogP contribution in [0.5, 0.6) is 0 Å². The predicted octanol–water partition coefficient (Wildman–Crippen LogP) is -0.781. The highest BCUT2D eigenvalue weighted by Gasteiger charge is 2.43. The van der Waals surface area contributed by atoms with Crippen molar-refractivity contribution >= 4 is 29.7 Å². The number of nitrogens with one attached hydrogen (secondary N) is 1. The van der Waals surface area contributed by atoms with Gasteiger partial charge in [0, 0.05) is 13.5 Å². The zero-order valence-corrected chi connectivity index (χ0v) is 12.8. The lowest BCUT2D eigenvalue weighted by molar-refractivity contribution is -0.144. The maximum absolute atomic E-state index is 12.0. The van der Waals surface area contributed by atoms with Crippen molar-refractivity contribution in [3.63, 3.8) is 0 Å². The Balaban J connectivity index is 2.01. The molecule has 0 spiro atoms. The summed E-state index contributed by atoms with van der Waals surface area (Å²) >= 11 is 0. The fourth-order valence-corrected chi connectivity index (χ4v) is 2.19. The number of carbonyl (C=O) groups excluding carboxylic acids is 4. The maximum atomic E-state index is 12.0. The van der Waals surface area contributed by atoms with Crippen molar-refractivity contribution in [1.82, 2.24) is 15.1 Å². The van der Waals surface area contributed by atoms with Gasteiger partial charge in [-0.05, 0) is 5.56 Å². The van der Waals surface area contributed by atoms with E-state index in [1.54, 1.807) is 30.3 Å². The fraction of sp³-hybridized carbons (Fsp3) is 0.267. The van der Waals surface area contributed by atoms with Crippen LogP contribution in [0.1, 0.15) is 5.56 Å². The second kappa shape index (κ2) is 6.90. The third kappa shape index (κ3) is 3.57. The first-order chi connectivity index (χ1) is 11.3. The Hall–Kier alpha value is -3.23. The molecule has 126 valence electrons. The summed E-state index contributed by atoms with van der Waals surface area (Å²) in [6, 6.07) is 6.52. The summed E-state index contributed by atoms with van der Waals surface area (Å²) in [4.78, 5) is 58.9. The van der Waals surface area contributed by atoms with Gasteiger partial charge in [-0.2, -0.15) is 0 Å². The Kier molecular flexibility index (Phi) is 4.93. The van der Waals surface area contributed by atoms with Gasteiger partial charge in [-0.3, -0.25) is 19.3 Å². The summed E-state index contributed by atoms with van der Waals surface area (Å²) in [5, 5.41) is 11.5. The van der Waals surface area contributed by atoms with Crippen molar-refractivity contribution in [2.45, 2.75) is 12.5 Å². The lowest BCUT2D eigenvalue weighted by Crippen LogP contribution is -2.48. The Labute approximate surface area is 136 Å². The second-order valence-electron chi connectivity index (χ2n) is 5.19. The topological polar surface area (TPSA) is 124 Å². The third-order valence-corrected chi connectivity index (χ3v) is 3.47. The maximum Gasteiger partial charge on any atom is 0.334 e. The summed E-state index contributed by atoms with van der Waals surface area (Å²) in [6.45, 7) is -0.716. The van der Waals surface area contributed by atoms with Gasteiger partial charge in [0.1, 0.15) is 12.6 Å². The van der Waals surface area contributed by atoms with Gasteiger partial charge in [0.15, 0.2) is 0 Å². The molecule has 24 heavy (non-hydrogen) atoms. The first-order valence-corrected chi connectivity index (χ1v) is 7.01. The van der Waals surface area contributed by atoms with E-state index >= 15 is 0 Å². The zero-order chi connectivity index (χ0) is 17.9. The van der Waals surface area contributed by atoms with E-state index in [1.807, 2.05) is 0 Å². The molecule has 1 aliphatic heterocycles. The van der Waals surface area contributed by atoms with Gasteiger partial charge < -0.3 is 10.4 Å². The van der Waals surface area contributed by atoms with Crippen molar-refractivity contribution in [3.8, 4) is 0 Å². The zero-order valence-electron chi connectivity index (χ0n) is 12.8. The number of carboxylic acid groups (broad SMARTS) is 1. The van der Waals surface area contributed by atoms with Gasteiger partial charge in [-0.15, -0.1) is 0 Å². The second-order valence-corrected chi connectivity index (χ2v) is 5.19. The predicted molar refractivity (Wildman–Crippen MR) is 79.6 cm³/mol. The molecule has 5 amide bonds. The molecule has 1 fully saturated rings. The highest BCUT2D eigenvalue weighted by molar-refractivity contribution is 6.44. The van der Waals surface area contributed by atoms with Crippen LogP contribution in [-0.4, -0.2) is 64.3 Å². The number of rotatable bonds is 6. The lowest BCUT2D eigenvalue weighted by Gasteiger charge is -2.17. The fourth-order valence-electron chi connectivity index (χ4n) is 2.19. The van der Waals surface area contributed by atoms with Gasteiger partial charge in [-0.25, -0.2) is 14.5 Å². The highest BCUT2D eigenvalue weighted by Crippen LogP contribution is 2.09. The number of amides is 5. The molecule has 1 aliphatic rings. The molecule has 1 atom stereocenters. The average Bonchev–Trinajstić information content (AvgIpc) is 2.73. The average molecular weight is 333 g/mol. The molecule has 1 heterocycles. The van der Waals surface area contributed by atoms with E-state index in [4.69, 9.17) is 0 Å². The number of hydrogen-bond donors (Lipinski definition) is 2. The lowest BCUT2D eigenvalue weighted by atomic mass is 10.1. The van der Waals surface area contributed by atoms with Crippen molar-refractivity contribution < 1.29 is 29.1 Å². The van der Waals surface area contributed by atoms with Crippen molar-refractivity contribution in [2.75, 3.05) is 13.6 Å². The molecule has 9 nitrogen and oxygen atoms in total. The van der Waals surface area contributed by atoms with E-state index in [9.17, 15) is 29.1 Å². The van der Waals surface area contributed by atoms with Crippen LogP contribution in [0.15, 0.2) is 30.3 Å². The van der Waals surface area contributed by atoms with Gasteiger partial charge in [0.05, 0.1) is 0 Å². The molecule has 1 aromatic carbocycles. The van der Waals surface area contributed by atoms with E-state index in [1.165, 1.54) is 0 Å². The SMILES string of the molecule is CN1C(=O)C(=O)N(CC(=O)N[C@@H](Cc2ccccc2)C(=O)O)C1=O. The van der Waals surface area contributed by atoms with Crippen molar-refractivity contribution in [2.24, 2.45) is 0 Å². The minimum atomic E-state index is -1.25. The van der Waals surface area contributed by atoms with Crippen LogP contribution < -0.4 is 5.32 Å². The number of urea groups is 1. The molecular weight excluding hydrogens is 318 g/mol. The van der Waals surface area contributed by atoms with Crippen LogP contribution in [0, 0.1) is 0 Å². The molecule has 0 radical (unpaired) electrons. The number of imide groups is 2. The van der Waals surface area contributed by atoms with Crippen LogP contribution >= 0.6 is 0 Å². The molecular formula is C15H15N3O6. The number of carboxylic acids is 1. The smallest absolute Gasteiger partial charge is 0.334 e. The van der Waals surface area contributed by atoms with Crippen LogP contribution in [-0.2, 0) is 25.6 Å². The molecule has 9 heteroatoms. The Morgan fingerprint density at radius 3 is 2.25 bits per heavy atom. The van der Waals surface area contributed by atoms with Crippen molar-refractivity contribution in [3.05, 3.63) is 35.9 Å². The summed E-state index contributed by atoms with van der Waals surface area (Å²) in [5.74, 6) is -4.25. The quantitative estimate of drug-likeness (QED) is 0.520. The van der Waals surface area contributed by atoms with Crippen LogP contribution in [0.4, 0.5) is 4.79 Å². The minimum absolute atomic E-state index is 0.0443. The summed E-state index contributed by atoms with van der Waals surface area (Å²) in [7, 11) is 1.12. The number of aliphatic carboxylic acids is 1. The Bertz CT molecular complexity index is 702. The van der Waals surface area contributed by atoms with Crippen molar-refractivity contribution in [1.29, 1.82) is 0 Å². The number of nitrogens with zero attached hydrogens (tertiary/aromatic N) is 2. The Morgan fingerprint density at radius 1 is 1.12 bits per heavy atom. The third-order valence-electron chi connectivity index (χ3n) is 3.47.